The first kappa shape index (κ1) is 11.7. The fraction of sp³-hybridized carbons (Fsp3) is 0.545. The molecule has 0 fully saturated rings. The van der Waals surface area contributed by atoms with Crippen molar-refractivity contribution in [3.63, 3.8) is 0 Å². The Hall–Kier alpha value is -0.410. The first-order valence-corrected chi connectivity index (χ1v) is 6.05. The van der Waals surface area contributed by atoms with Gasteiger partial charge in [-0.1, -0.05) is 15.9 Å². The van der Waals surface area contributed by atoms with Crippen molar-refractivity contribution in [2.75, 3.05) is 11.9 Å². The molecule has 0 aromatic carbocycles. The van der Waals surface area contributed by atoms with E-state index in [1.54, 1.807) is 0 Å². The monoisotopic (exact) mass is 256 g/mol. The van der Waals surface area contributed by atoms with E-state index in [0.29, 0.717) is 6.04 Å². The van der Waals surface area contributed by atoms with E-state index < -0.39 is 0 Å². The molecule has 1 aromatic heterocycles. The summed E-state index contributed by atoms with van der Waals surface area (Å²) in [6.07, 6.45) is 3.70. The molecule has 0 aliphatic heterocycles. The SMILES string of the molecule is CC(C)N(CCBr)Cc1ccncc1. The molecule has 0 atom stereocenters. The van der Waals surface area contributed by atoms with Crippen LogP contribution in [0.3, 0.4) is 0 Å². The van der Waals surface area contributed by atoms with Crippen molar-refractivity contribution in [2.24, 2.45) is 0 Å². The van der Waals surface area contributed by atoms with Crippen LogP contribution in [-0.2, 0) is 6.54 Å². The smallest absolute Gasteiger partial charge is 0.0271 e. The molecule has 0 saturated heterocycles. The molecule has 1 aromatic rings. The Kier molecular flexibility index (Phi) is 5.12. The quantitative estimate of drug-likeness (QED) is 0.754. The van der Waals surface area contributed by atoms with Gasteiger partial charge in [0.15, 0.2) is 0 Å². The summed E-state index contributed by atoms with van der Waals surface area (Å²) in [5.74, 6) is 0. The maximum absolute atomic E-state index is 4.02. The molecule has 0 radical (unpaired) electrons. The third-order valence-electron chi connectivity index (χ3n) is 2.24. The van der Waals surface area contributed by atoms with E-state index in [2.05, 4.69) is 51.8 Å². The van der Waals surface area contributed by atoms with Crippen LogP contribution >= 0.6 is 15.9 Å². The summed E-state index contributed by atoms with van der Waals surface area (Å²) in [7, 11) is 0. The molecule has 0 bridgehead atoms. The third kappa shape index (κ3) is 3.76. The van der Waals surface area contributed by atoms with E-state index >= 15 is 0 Å². The molecule has 0 unspecified atom stereocenters. The molecule has 0 aliphatic rings. The van der Waals surface area contributed by atoms with Gasteiger partial charge in [0.25, 0.3) is 0 Å². The highest BCUT2D eigenvalue weighted by Crippen LogP contribution is 2.07. The fourth-order valence-electron chi connectivity index (χ4n) is 1.35. The van der Waals surface area contributed by atoms with Crippen molar-refractivity contribution in [3.05, 3.63) is 30.1 Å². The lowest BCUT2D eigenvalue weighted by molar-refractivity contribution is 0.227. The summed E-state index contributed by atoms with van der Waals surface area (Å²) < 4.78 is 0. The molecule has 0 N–H and O–H groups in total. The molecular weight excluding hydrogens is 240 g/mol. The van der Waals surface area contributed by atoms with Gasteiger partial charge in [-0.05, 0) is 31.5 Å². The molecule has 1 heterocycles. The third-order valence-corrected chi connectivity index (χ3v) is 2.59. The van der Waals surface area contributed by atoms with Crippen LogP contribution in [0.1, 0.15) is 19.4 Å². The number of rotatable bonds is 5. The van der Waals surface area contributed by atoms with Crippen LogP contribution in [0.25, 0.3) is 0 Å². The molecule has 1 rings (SSSR count). The van der Waals surface area contributed by atoms with Crippen molar-refractivity contribution in [1.29, 1.82) is 0 Å². The average Bonchev–Trinajstić information content (AvgIpc) is 2.18. The predicted octanol–water partition coefficient (Wildman–Crippen LogP) is 2.69. The highest BCUT2D eigenvalue weighted by atomic mass is 79.9. The van der Waals surface area contributed by atoms with Gasteiger partial charge in [0.2, 0.25) is 0 Å². The van der Waals surface area contributed by atoms with Gasteiger partial charge in [0.05, 0.1) is 0 Å². The number of halogens is 1. The van der Waals surface area contributed by atoms with E-state index in [9.17, 15) is 0 Å². The first-order chi connectivity index (χ1) is 6.74. The maximum Gasteiger partial charge on any atom is 0.0271 e. The zero-order chi connectivity index (χ0) is 10.4. The number of alkyl halides is 1. The van der Waals surface area contributed by atoms with Gasteiger partial charge in [0.1, 0.15) is 0 Å². The fourth-order valence-corrected chi connectivity index (χ4v) is 1.81. The largest absolute Gasteiger partial charge is 0.296 e. The number of nitrogens with zero attached hydrogens (tertiary/aromatic N) is 2. The van der Waals surface area contributed by atoms with Crippen molar-refractivity contribution in [1.82, 2.24) is 9.88 Å². The molecule has 2 nitrogen and oxygen atoms in total. The Balaban J connectivity index is 2.55. The van der Waals surface area contributed by atoms with Crippen LogP contribution in [0.2, 0.25) is 0 Å². The molecule has 0 spiro atoms. The van der Waals surface area contributed by atoms with Gasteiger partial charge >= 0.3 is 0 Å². The van der Waals surface area contributed by atoms with Gasteiger partial charge in [-0.25, -0.2) is 0 Å². The molecule has 0 amide bonds. The van der Waals surface area contributed by atoms with E-state index in [-0.39, 0.29) is 0 Å². The Morgan fingerprint density at radius 3 is 2.50 bits per heavy atom. The zero-order valence-corrected chi connectivity index (χ0v) is 10.4. The highest BCUT2D eigenvalue weighted by molar-refractivity contribution is 9.09. The second kappa shape index (κ2) is 6.14. The van der Waals surface area contributed by atoms with E-state index in [1.807, 2.05) is 12.4 Å². The summed E-state index contributed by atoms with van der Waals surface area (Å²) in [4.78, 5) is 6.45. The molecular formula is C11H17BrN2. The first-order valence-electron chi connectivity index (χ1n) is 4.93. The number of hydrogen-bond donors (Lipinski definition) is 0. The number of hydrogen-bond acceptors (Lipinski definition) is 2. The normalized spacial score (nSPS) is 11.2. The van der Waals surface area contributed by atoms with Crippen LogP contribution in [0, 0.1) is 0 Å². The standard InChI is InChI=1S/C11H17BrN2/c1-10(2)14(8-5-12)9-11-3-6-13-7-4-11/h3-4,6-7,10H,5,8-9H2,1-2H3. The Morgan fingerprint density at radius 2 is 2.00 bits per heavy atom. The van der Waals surface area contributed by atoms with Crippen molar-refractivity contribution >= 4 is 15.9 Å². The lowest BCUT2D eigenvalue weighted by Gasteiger charge is -2.25. The lowest BCUT2D eigenvalue weighted by atomic mass is 10.2. The topological polar surface area (TPSA) is 16.1 Å². The Labute approximate surface area is 94.5 Å². The number of aromatic nitrogens is 1. The van der Waals surface area contributed by atoms with Gasteiger partial charge in [-0.2, -0.15) is 0 Å². The van der Waals surface area contributed by atoms with Crippen molar-refractivity contribution < 1.29 is 0 Å². The van der Waals surface area contributed by atoms with E-state index in [0.717, 1.165) is 18.4 Å². The van der Waals surface area contributed by atoms with E-state index in [1.165, 1.54) is 5.56 Å². The minimum atomic E-state index is 0.584. The van der Waals surface area contributed by atoms with Crippen LogP contribution in [-0.4, -0.2) is 27.8 Å². The van der Waals surface area contributed by atoms with Crippen molar-refractivity contribution in [3.8, 4) is 0 Å². The van der Waals surface area contributed by atoms with Gasteiger partial charge in [-0.3, -0.25) is 9.88 Å². The van der Waals surface area contributed by atoms with Crippen LogP contribution < -0.4 is 0 Å². The molecule has 78 valence electrons. The van der Waals surface area contributed by atoms with Gasteiger partial charge in [0, 0.05) is 36.9 Å². The van der Waals surface area contributed by atoms with Crippen molar-refractivity contribution in [2.45, 2.75) is 26.4 Å². The number of pyridine rings is 1. The Bertz CT molecular complexity index is 249. The van der Waals surface area contributed by atoms with E-state index in [4.69, 9.17) is 0 Å². The molecule has 14 heavy (non-hydrogen) atoms. The lowest BCUT2D eigenvalue weighted by Crippen LogP contribution is -2.31. The minimum absolute atomic E-state index is 0.584. The second-order valence-electron chi connectivity index (χ2n) is 3.61. The molecule has 3 heteroatoms. The Morgan fingerprint density at radius 1 is 1.36 bits per heavy atom. The maximum atomic E-state index is 4.02. The summed E-state index contributed by atoms with van der Waals surface area (Å²) in [6.45, 7) is 6.54. The summed E-state index contributed by atoms with van der Waals surface area (Å²) in [6, 6.07) is 4.73. The average molecular weight is 257 g/mol. The summed E-state index contributed by atoms with van der Waals surface area (Å²) >= 11 is 3.48. The highest BCUT2D eigenvalue weighted by Gasteiger charge is 2.08. The predicted molar refractivity (Wildman–Crippen MR) is 63.6 cm³/mol. The zero-order valence-electron chi connectivity index (χ0n) is 8.78. The van der Waals surface area contributed by atoms with Gasteiger partial charge in [-0.15, -0.1) is 0 Å². The minimum Gasteiger partial charge on any atom is -0.296 e. The second-order valence-corrected chi connectivity index (χ2v) is 4.40. The van der Waals surface area contributed by atoms with Crippen LogP contribution in [0.5, 0.6) is 0 Å². The summed E-state index contributed by atoms with van der Waals surface area (Å²) in [5.41, 5.74) is 1.33. The summed E-state index contributed by atoms with van der Waals surface area (Å²) in [5, 5.41) is 1.02. The van der Waals surface area contributed by atoms with Gasteiger partial charge < -0.3 is 0 Å². The molecule has 0 saturated carbocycles. The molecule has 0 aliphatic carbocycles. The van der Waals surface area contributed by atoms with Crippen LogP contribution in [0.15, 0.2) is 24.5 Å². The van der Waals surface area contributed by atoms with Crippen LogP contribution in [0.4, 0.5) is 0 Å².